The van der Waals surface area contributed by atoms with Crippen LogP contribution in [0, 0.1) is 13.8 Å². The number of nitrogens with zero attached hydrogens (tertiary/aromatic N) is 2. The van der Waals surface area contributed by atoms with Crippen molar-refractivity contribution in [1.82, 2.24) is 14.7 Å². The summed E-state index contributed by atoms with van der Waals surface area (Å²) < 4.78 is 26.0. The molecular weight excluding hydrogens is 232 g/mol. The summed E-state index contributed by atoms with van der Waals surface area (Å²) >= 11 is 1.56. The molecule has 0 bridgehead atoms. The number of aryl methyl sites for hydroxylation is 2. The number of halogens is 2. The summed E-state index contributed by atoms with van der Waals surface area (Å²) in [5.41, 5.74) is 2.96. The zero-order valence-electron chi connectivity index (χ0n) is 9.13. The lowest BCUT2D eigenvalue weighted by Crippen LogP contribution is -2.21. The summed E-state index contributed by atoms with van der Waals surface area (Å²) in [4.78, 5) is 5.31. The predicted molar refractivity (Wildman–Crippen MR) is 60.3 cm³/mol. The maximum Gasteiger partial charge on any atom is 0.250 e. The van der Waals surface area contributed by atoms with Gasteiger partial charge in [0.25, 0.3) is 6.43 Å². The molecule has 0 aliphatic rings. The summed E-state index contributed by atoms with van der Waals surface area (Å²) in [5, 5.41) is 4.74. The Morgan fingerprint density at radius 1 is 1.50 bits per heavy atom. The molecule has 6 heteroatoms. The Kier molecular flexibility index (Phi) is 3.20. The Bertz CT molecular complexity index is 489. The van der Waals surface area contributed by atoms with Crippen molar-refractivity contribution in [3.05, 3.63) is 22.5 Å². The summed E-state index contributed by atoms with van der Waals surface area (Å²) in [6.07, 6.45) is -2.31. The van der Waals surface area contributed by atoms with Crippen molar-refractivity contribution in [3.8, 4) is 0 Å². The molecule has 1 N–H and O–H groups in total. The van der Waals surface area contributed by atoms with Crippen molar-refractivity contribution >= 4 is 16.3 Å². The van der Waals surface area contributed by atoms with E-state index in [1.807, 2.05) is 23.6 Å². The number of rotatable bonds is 4. The van der Waals surface area contributed by atoms with Gasteiger partial charge in [0, 0.05) is 17.6 Å². The first-order chi connectivity index (χ1) is 7.59. The van der Waals surface area contributed by atoms with E-state index in [-0.39, 0.29) is 6.54 Å². The van der Waals surface area contributed by atoms with E-state index >= 15 is 0 Å². The molecule has 0 saturated carbocycles. The minimum atomic E-state index is -2.31. The topological polar surface area (TPSA) is 29.3 Å². The van der Waals surface area contributed by atoms with Gasteiger partial charge in [-0.3, -0.25) is 4.40 Å². The Morgan fingerprint density at radius 2 is 2.25 bits per heavy atom. The van der Waals surface area contributed by atoms with Gasteiger partial charge in [0.05, 0.1) is 17.9 Å². The molecule has 0 amide bonds. The second-order valence-electron chi connectivity index (χ2n) is 3.66. The van der Waals surface area contributed by atoms with E-state index in [0.29, 0.717) is 6.54 Å². The van der Waals surface area contributed by atoms with Gasteiger partial charge < -0.3 is 5.32 Å². The lowest BCUT2D eigenvalue weighted by Gasteiger charge is -2.05. The number of imidazole rings is 1. The maximum atomic E-state index is 12.0. The van der Waals surface area contributed by atoms with Crippen molar-refractivity contribution in [1.29, 1.82) is 0 Å². The highest BCUT2D eigenvalue weighted by Crippen LogP contribution is 2.20. The van der Waals surface area contributed by atoms with E-state index in [1.54, 1.807) is 11.3 Å². The predicted octanol–water partition coefficient (Wildman–Crippen LogP) is 2.37. The van der Waals surface area contributed by atoms with Crippen LogP contribution >= 0.6 is 11.3 Å². The molecule has 0 aliphatic heterocycles. The van der Waals surface area contributed by atoms with Crippen LogP contribution in [0.25, 0.3) is 4.96 Å². The zero-order chi connectivity index (χ0) is 11.7. The first-order valence-electron chi connectivity index (χ1n) is 5.00. The van der Waals surface area contributed by atoms with Gasteiger partial charge in [-0.1, -0.05) is 0 Å². The maximum absolute atomic E-state index is 12.0. The average Bonchev–Trinajstić information content (AvgIpc) is 2.69. The highest BCUT2D eigenvalue weighted by molar-refractivity contribution is 7.15. The smallest absolute Gasteiger partial charge is 0.250 e. The number of fused-ring (bicyclic) bond motifs is 1. The molecule has 0 spiro atoms. The van der Waals surface area contributed by atoms with Crippen molar-refractivity contribution in [2.75, 3.05) is 6.54 Å². The summed E-state index contributed by atoms with van der Waals surface area (Å²) in [6.45, 7) is 4.03. The molecular formula is C10H13F2N3S. The molecule has 0 aliphatic carbocycles. The molecule has 0 saturated heterocycles. The largest absolute Gasteiger partial charge is 0.306 e. The second kappa shape index (κ2) is 4.47. The van der Waals surface area contributed by atoms with E-state index < -0.39 is 6.43 Å². The Balaban J connectivity index is 2.21. The van der Waals surface area contributed by atoms with Gasteiger partial charge in [0.15, 0.2) is 4.96 Å². The highest BCUT2D eigenvalue weighted by atomic mass is 32.1. The number of nitrogens with one attached hydrogen (secondary N) is 1. The molecule has 0 aromatic carbocycles. The van der Waals surface area contributed by atoms with Gasteiger partial charge in [0.1, 0.15) is 0 Å². The van der Waals surface area contributed by atoms with Crippen molar-refractivity contribution in [3.63, 3.8) is 0 Å². The van der Waals surface area contributed by atoms with E-state index in [4.69, 9.17) is 0 Å². The van der Waals surface area contributed by atoms with Crippen molar-refractivity contribution < 1.29 is 8.78 Å². The van der Waals surface area contributed by atoms with Crippen LogP contribution in [0.4, 0.5) is 8.78 Å². The van der Waals surface area contributed by atoms with E-state index in [1.165, 1.54) is 0 Å². The van der Waals surface area contributed by atoms with Crippen LogP contribution < -0.4 is 5.32 Å². The second-order valence-corrected chi connectivity index (χ2v) is 4.50. The lowest BCUT2D eigenvalue weighted by atomic mass is 10.3. The van der Waals surface area contributed by atoms with Gasteiger partial charge in [-0.2, -0.15) is 0 Å². The van der Waals surface area contributed by atoms with Crippen LogP contribution in [-0.4, -0.2) is 22.4 Å². The number of aromatic nitrogens is 2. The third kappa shape index (κ3) is 2.08. The molecule has 16 heavy (non-hydrogen) atoms. The number of thiazole rings is 1. The molecule has 0 fully saturated rings. The fourth-order valence-electron chi connectivity index (χ4n) is 1.68. The monoisotopic (exact) mass is 245 g/mol. The Labute approximate surface area is 96.1 Å². The van der Waals surface area contributed by atoms with Crippen LogP contribution in [0.5, 0.6) is 0 Å². The van der Waals surface area contributed by atoms with Gasteiger partial charge >= 0.3 is 0 Å². The van der Waals surface area contributed by atoms with E-state index in [0.717, 1.165) is 22.0 Å². The minimum Gasteiger partial charge on any atom is -0.306 e. The van der Waals surface area contributed by atoms with Gasteiger partial charge in [-0.15, -0.1) is 11.3 Å². The van der Waals surface area contributed by atoms with Crippen LogP contribution in [0.1, 0.15) is 17.1 Å². The quantitative estimate of drug-likeness (QED) is 0.896. The van der Waals surface area contributed by atoms with Gasteiger partial charge in [0.2, 0.25) is 0 Å². The minimum absolute atomic E-state index is 0.282. The van der Waals surface area contributed by atoms with Crippen LogP contribution in [0.3, 0.4) is 0 Å². The van der Waals surface area contributed by atoms with Crippen LogP contribution in [-0.2, 0) is 6.54 Å². The van der Waals surface area contributed by atoms with Crippen LogP contribution in [0.15, 0.2) is 5.38 Å². The molecule has 2 heterocycles. The molecule has 88 valence electrons. The van der Waals surface area contributed by atoms with Crippen LogP contribution in [0.2, 0.25) is 0 Å². The summed E-state index contributed by atoms with van der Waals surface area (Å²) in [5.74, 6) is 0. The first-order valence-corrected chi connectivity index (χ1v) is 5.88. The van der Waals surface area contributed by atoms with E-state index in [2.05, 4.69) is 10.3 Å². The van der Waals surface area contributed by atoms with Gasteiger partial charge in [-0.05, 0) is 13.8 Å². The van der Waals surface area contributed by atoms with Crippen molar-refractivity contribution in [2.24, 2.45) is 0 Å². The number of hydrogen-bond acceptors (Lipinski definition) is 3. The summed E-state index contributed by atoms with van der Waals surface area (Å²) in [7, 11) is 0. The fraction of sp³-hybridized carbons (Fsp3) is 0.500. The number of alkyl halides is 2. The standard InChI is InChI=1S/C10H13F2N3S/c1-6-5-16-10-14-7(2)8(15(6)10)3-13-4-9(11)12/h5,9,13H,3-4H2,1-2H3. The SMILES string of the molecule is Cc1nc2scc(C)n2c1CNCC(F)F. The van der Waals surface area contributed by atoms with Gasteiger partial charge in [-0.25, -0.2) is 13.8 Å². The lowest BCUT2D eigenvalue weighted by molar-refractivity contribution is 0.145. The molecule has 2 aromatic rings. The molecule has 0 atom stereocenters. The normalized spacial score (nSPS) is 11.8. The highest BCUT2D eigenvalue weighted by Gasteiger charge is 2.12. The zero-order valence-corrected chi connectivity index (χ0v) is 9.94. The third-order valence-electron chi connectivity index (χ3n) is 2.42. The third-order valence-corrected chi connectivity index (χ3v) is 3.36. The van der Waals surface area contributed by atoms with E-state index in [9.17, 15) is 8.78 Å². The fourth-order valence-corrected chi connectivity index (χ4v) is 2.61. The Hall–Kier alpha value is -1.01. The summed E-state index contributed by atoms with van der Waals surface area (Å²) in [6, 6.07) is 0. The average molecular weight is 245 g/mol. The molecule has 0 radical (unpaired) electrons. The number of hydrogen-bond donors (Lipinski definition) is 1. The molecule has 0 unspecified atom stereocenters. The molecule has 2 rings (SSSR count). The Morgan fingerprint density at radius 3 is 2.94 bits per heavy atom. The molecule has 2 aromatic heterocycles. The van der Waals surface area contributed by atoms with Crippen molar-refractivity contribution in [2.45, 2.75) is 26.8 Å². The molecule has 3 nitrogen and oxygen atoms in total. The first kappa shape index (κ1) is 11.5.